The summed E-state index contributed by atoms with van der Waals surface area (Å²) in [6, 6.07) is 0. The van der Waals surface area contributed by atoms with Gasteiger partial charge in [0.15, 0.2) is 0 Å². The van der Waals surface area contributed by atoms with Crippen LogP contribution in [0.25, 0.3) is 10.7 Å². The van der Waals surface area contributed by atoms with E-state index in [2.05, 4.69) is 15.1 Å². The zero-order valence-electron chi connectivity index (χ0n) is 6.82. The summed E-state index contributed by atoms with van der Waals surface area (Å²) in [7, 11) is 0. The quantitative estimate of drug-likeness (QED) is 0.721. The summed E-state index contributed by atoms with van der Waals surface area (Å²) < 4.78 is 4.86. The highest BCUT2D eigenvalue weighted by molar-refractivity contribution is 7.14. The van der Waals surface area contributed by atoms with Crippen molar-refractivity contribution in [2.24, 2.45) is 0 Å². The van der Waals surface area contributed by atoms with Crippen molar-refractivity contribution >= 4 is 22.9 Å². The van der Waals surface area contributed by atoms with Crippen LogP contribution in [0.1, 0.15) is 10.9 Å². The molecule has 0 radical (unpaired) electrons. The monoisotopic (exact) mass is 215 g/mol. The second-order valence-electron chi connectivity index (χ2n) is 2.39. The molecule has 0 atom stereocenters. The van der Waals surface area contributed by atoms with Crippen molar-refractivity contribution in [3.05, 3.63) is 17.1 Å². The van der Waals surface area contributed by atoms with Crippen LogP contribution in [0.2, 0.25) is 0 Å². The maximum Gasteiger partial charge on any atom is 0.241 e. The predicted molar refractivity (Wildman–Crippen MR) is 49.7 cm³/mol. The number of thiazole rings is 1. The van der Waals surface area contributed by atoms with Crippen LogP contribution >= 0.6 is 22.9 Å². The Morgan fingerprint density at radius 3 is 3.00 bits per heavy atom. The second-order valence-corrected chi connectivity index (χ2v) is 3.89. The summed E-state index contributed by atoms with van der Waals surface area (Å²) >= 11 is 7.05. The third kappa shape index (κ3) is 1.71. The molecule has 0 saturated heterocycles. The summed E-state index contributed by atoms with van der Waals surface area (Å²) in [6.45, 7) is 1.93. The molecule has 0 bridgehead atoms. The summed E-state index contributed by atoms with van der Waals surface area (Å²) in [6.07, 6.45) is 1.73. The van der Waals surface area contributed by atoms with Gasteiger partial charge >= 0.3 is 0 Å². The molecule has 68 valence electrons. The van der Waals surface area contributed by atoms with Crippen molar-refractivity contribution in [1.29, 1.82) is 0 Å². The van der Waals surface area contributed by atoms with Gasteiger partial charge in [0.25, 0.3) is 0 Å². The average Bonchev–Trinajstić information content (AvgIpc) is 2.71. The maximum atomic E-state index is 5.52. The first-order valence-corrected chi connectivity index (χ1v) is 4.96. The van der Waals surface area contributed by atoms with E-state index in [1.54, 1.807) is 6.20 Å². The highest BCUT2D eigenvalue weighted by atomic mass is 35.5. The molecule has 0 aliphatic heterocycles. The lowest BCUT2D eigenvalue weighted by Gasteiger charge is -1.80. The number of halogens is 1. The van der Waals surface area contributed by atoms with Gasteiger partial charge in [-0.25, -0.2) is 4.98 Å². The van der Waals surface area contributed by atoms with E-state index in [1.165, 1.54) is 11.3 Å². The zero-order valence-corrected chi connectivity index (χ0v) is 8.39. The minimum Gasteiger partial charge on any atom is -0.338 e. The third-order valence-corrected chi connectivity index (χ3v) is 2.56. The molecular weight excluding hydrogens is 210 g/mol. The second kappa shape index (κ2) is 3.43. The van der Waals surface area contributed by atoms with Gasteiger partial charge in [0.2, 0.25) is 11.7 Å². The lowest BCUT2D eigenvalue weighted by Crippen LogP contribution is -1.76. The molecule has 2 aromatic rings. The molecule has 0 amide bonds. The molecular formula is C7H6ClN3OS. The van der Waals surface area contributed by atoms with E-state index in [9.17, 15) is 0 Å². The van der Waals surface area contributed by atoms with Gasteiger partial charge in [-0.15, -0.1) is 22.9 Å². The molecule has 0 saturated carbocycles. The van der Waals surface area contributed by atoms with E-state index >= 15 is 0 Å². The minimum atomic E-state index is 0.241. The van der Waals surface area contributed by atoms with Crippen LogP contribution in [-0.2, 0) is 5.88 Å². The summed E-state index contributed by atoms with van der Waals surface area (Å²) in [4.78, 5) is 9.07. The fourth-order valence-corrected chi connectivity index (χ4v) is 1.69. The fourth-order valence-electron chi connectivity index (χ4n) is 0.874. The van der Waals surface area contributed by atoms with Gasteiger partial charge < -0.3 is 4.52 Å². The normalized spacial score (nSPS) is 10.6. The predicted octanol–water partition coefficient (Wildman–Crippen LogP) is 2.24. The molecule has 13 heavy (non-hydrogen) atoms. The number of aryl methyl sites for hydroxylation is 1. The Balaban J connectivity index is 2.35. The lowest BCUT2D eigenvalue weighted by molar-refractivity contribution is 0.391. The largest absolute Gasteiger partial charge is 0.338 e. The van der Waals surface area contributed by atoms with Crippen LogP contribution in [0.5, 0.6) is 0 Å². The highest BCUT2D eigenvalue weighted by Gasteiger charge is 2.09. The maximum absolute atomic E-state index is 5.52. The highest BCUT2D eigenvalue weighted by Crippen LogP contribution is 2.22. The van der Waals surface area contributed by atoms with Crippen molar-refractivity contribution in [2.75, 3.05) is 0 Å². The van der Waals surface area contributed by atoms with Gasteiger partial charge in [0.1, 0.15) is 5.88 Å². The van der Waals surface area contributed by atoms with E-state index < -0.39 is 0 Å². The number of nitrogens with zero attached hydrogens (tertiary/aromatic N) is 3. The first kappa shape index (κ1) is 8.65. The SMILES string of the molecule is Cc1ncc(-c2noc(CCl)n2)s1. The van der Waals surface area contributed by atoms with Crippen LogP contribution in [0, 0.1) is 6.92 Å². The minimum absolute atomic E-state index is 0.241. The van der Waals surface area contributed by atoms with E-state index in [1.807, 2.05) is 6.92 Å². The van der Waals surface area contributed by atoms with Crippen molar-refractivity contribution in [1.82, 2.24) is 15.1 Å². The van der Waals surface area contributed by atoms with E-state index in [-0.39, 0.29) is 5.88 Å². The molecule has 6 heteroatoms. The first-order chi connectivity index (χ1) is 6.29. The number of hydrogen-bond acceptors (Lipinski definition) is 5. The number of alkyl halides is 1. The zero-order chi connectivity index (χ0) is 9.26. The molecule has 2 rings (SSSR count). The first-order valence-electron chi connectivity index (χ1n) is 3.61. The molecule has 0 spiro atoms. The fraction of sp³-hybridized carbons (Fsp3) is 0.286. The Labute approximate surface area is 83.6 Å². The van der Waals surface area contributed by atoms with Gasteiger partial charge in [-0.2, -0.15) is 4.98 Å². The molecule has 0 aromatic carbocycles. The van der Waals surface area contributed by atoms with Gasteiger partial charge in [-0.1, -0.05) is 5.16 Å². The molecule has 0 N–H and O–H groups in total. The molecule has 4 nitrogen and oxygen atoms in total. The van der Waals surface area contributed by atoms with Crippen molar-refractivity contribution in [3.8, 4) is 10.7 Å². The Morgan fingerprint density at radius 2 is 2.46 bits per heavy atom. The van der Waals surface area contributed by atoms with Crippen LogP contribution < -0.4 is 0 Å². The molecule has 0 unspecified atom stereocenters. The Bertz CT molecular complexity index is 411. The van der Waals surface area contributed by atoms with E-state index in [0.717, 1.165) is 9.88 Å². The van der Waals surface area contributed by atoms with Crippen LogP contribution in [0.4, 0.5) is 0 Å². The smallest absolute Gasteiger partial charge is 0.241 e. The van der Waals surface area contributed by atoms with Crippen LogP contribution in [0.15, 0.2) is 10.7 Å². The third-order valence-electron chi connectivity index (χ3n) is 1.42. The summed E-state index contributed by atoms with van der Waals surface area (Å²) in [5.74, 6) is 1.23. The Kier molecular flexibility index (Phi) is 2.28. The van der Waals surface area contributed by atoms with E-state index in [4.69, 9.17) is 16.1 Å². The standard InChI is InChI=1S/C7H6ClN3OS/c1-4-9-3-5(13-4)7-10-6(2-8)12-11-7/h3H,2H2,1H3. The number of hydrogen-bond donors (Lipinski definition) is 0. The number of rotatable bonds is 2. The molecule has 0 aliphatic carbocycles. The molecule has 2 aromatic heterocycles. The van der Waals surface area contributed by atoms with Crippen LogP contribution in [-0.4, -0.2) is 15.1 Å². The molecule has 0 aliphatic rings. The van der Waals surface area contributed by atoms with Crippen molar-refractivity contribution < 1.29 is 4.52 Å². The van der Waals surface area contributed by atoms with E-state index in [0.29, 0.717) is 11.7 Å². The van der Waals surface area contributed by atoms with Crippen molar-refractivity contribution in [3.63, 3.8) is 0 Å². The Hall–Kier alpha value is -0.940. The van der Waals surface area contributed by atoms with Gasteiger partial charge in [0.05, 0.1) is 9.88 Å². The molecule has 0 fully saturated rings. The summed E-state index contributed by atoms with van der Waals surface area (Å²) in [5.41, 5.74) is 0. The summed E-state index contributed by atoms with van der Waals surface area (Å²) in [5, 5.41) is 4.75. The Morgan fingerprint density at radius 1 is 1.62 bits per heavy atom. The van der Waals surface area contributed by atoms with Gasteiger partial charge in [-0.05, 0) is 6.92 Å². The topological polar surface area (TPSA) is 51.8 Å². The van der Waals surface area contributed by atoms with Crippen molar-refractivity contribution in [2.45, 2.75) is 12.8 Å². The molecule has 2 heterocycles. The lowest BCUT2D eigenvalue weighted by atomic mass is 10.5. The number of aromatic nitrogens is 3. The van der Waals surface area contributed by atoms with Gasteiger partial charge in [-0.3, -0.25) is 0 Å². The average molecular weight is 216 g/mol. The van der Waals surface area contributed by atoms with Gasteiger partial charge in [0, 0.05) is 6.20 Å². The van der Waals surface area contributed by atoms with Crippen LogP contribution in [0.3, 0.4) is 0 Å².